The van der Waals surface area contributed by atoms with Crippen molar-refractivity contribution in [1.82, 2.24) is 0 Å². The van der Waals surface area contributed by atoms with Crippen molar-refractivity contribution in [2.75, 3.05) is 6.61 Å². The molecule has 0 spiro atoms. The normalized spacial score (nSPS) is 22.4. The number of rotatable bonds is 3. The van der Waals surface area contributed by atoms with Gasteiger partial charge in [0.15, 0.2) is 5.76 Å². The number of nitrogens with two attached hydrogens (primary N) is 1. The van der Waals surface area contributed by atoms with E-state index in [1.807, 2.05) is 13.0 Å². The SMILES string of the molecule is CCCOC1=CC=COC1N. The summed E-state index contributed by atoms with van der Waals surface area (Å²) in [4.78, 5) is 0. The fraction of sp³-hybridized carbons (Fsp3) is 0.500. The molecule has 0 amide bonds. The van der Waals surface area contributed by atoms with Crippen LogP contribution in [0.2, 0.25) is 0 Å². The number of hydrogen-bond acceptors (Lipinski definition) is 3. The van der Waals surface area contributed by atoms with Crippen molar-refractivity contribution < 1.29 is 9.47 Å². The van der Waals surface area contributed by atoms with Gasteiger partial charge in [-0.25, -0.2) is 0 Å². The molecule has 0 fully saturated rings. The van der Waals surface area contributed by atoms with Gasteiger partial charge in [-0.3, -0.25) is 5.73 Å². The van der Waals surface area contributed by atoms with Gasteiger partial charge >= 0.3 is 0 Å². The van der Waals surface area contributed by atoms with Crippen molar-refractivity contribution in [1.29, 1.82) is 0 Å². The Morgan fingerprint density at radius 2 is 2.55 bits per heavy atom. The minimum absolute atomic E-state index is 0.424. The molecule has 0 aliphatic carbocycles. The van der Waals surface area contributed by atoms with Gasteiger partial charge in [0.1, 0.15) is 0 Å². The molecule has 1 unspecified atom stereocenters. The molecule has 1 rings (SSSR count). The zero-order valence-electron chi connectivity index (χ0n) is 6.62. The van der Waals surface area contributed by atoms with Crippen molar-refractivity contribution in [3.05, 3.63) is 24.2 Å². The molecule has 1 aliphatic rings. The van der Waals surface area contributed by atoms with E-state index in [4.69, 9.17) is 15.2 Å². The van der Waals surface area contributed by atoms with Gasteiger partial charge in [-0.2, -0.15) is 0 Å². The maximum Gasteiger partial charge on any atom is 0.204 e. The third kappa shape index (κ3) is 2.27. The van der Waals surface area contributed by atoms with Gasteiger partial charge in [-0.1, -0.05) is 6.92 Å². The Morgan fingerprint density at radius 1 is 1.73 bits per heavy atom. The molecule has 2 N–H and O–H groups in total. The van der Waals surface area contributed by atoms with E-state index in [-0.39, 0.29) is 0 Å². The molecule has 0 aromatic carbocycles. The molecule has 11 heavy (non-hydrogen) atoms. The van der Waals surface area contributed by atoms with Crippen LogP contribution < -0.4 is 5.73 Å². The molecule has 3 nitrogen and oxygen atoms in total. The Bertz CT molecular complexity index is 175. The van der Waals surface area contributed by atoms with Crippen LogP contribution in [0.4, 0.5) is 0 Å². The number of allylic oxidation sites excluding steroid dienone is 2. The lowest BCUT2D eigenvalue weighted by Gasteiger charge is -2.18. The average Bonchev–Trinajstić information content (AvgIpc) is 2.03. The quantitative estimate of drug-likeness (QED) is 0.664. The summed E-state index contributed by atoms with van der Waals surface area (Å²) in [6.45, 7) is 2.74. The molecule has 3 heteroatoms. The minimum atomic E-state index is -0.424. The minimum Gasteiger partial charge on any atom is -0.493 e. The summed E-state index contributed by atoms with van der Waals surface area (Å²) in [5.74, 6) is 0.703. The zero-order valence-corrected chi connectivity index (χ0v) is 6.62. The topological polar surface area (TPSA) is 44.5 Å². The van der Waals surface area contributed by atoms with E-state index < -0.39 is 6.23 Å². The lowest BCUT2D eigenvalue weighted by molar-refractivity contribution is 0.0871. The second kappa shape index (κ2) is 4.03. The summed E-state index contributed by atoms with van der Waals surface area (Å²) in [5, 5.41) is 0. The molecule has 1 aliphatic heterocycles. The molecule has 0 saturated carbocycles. The monoisotopic (exact) mass is 155 g/mol. The summed E-state index contributed by atoms with van der Waals surface area (Å²) in [5.41, 5.74) is 5.55. The summed E-state index contributed by atoms with van der Waals surface area (Å²) in [6.07, 6.45) is 5.71. The number of ether oxygens (including phenoxy) is 2. The van der Waals surface area contributed by atoms with E-state index >= 15 is 0 Å². The molecule has 0 radical (unpaired) electrons. The Labute approximate surface area is 66.5 Å². The highest BCUT2D eigenvalue weighted by Crippen LogP contribution is 2.09. The Kier molecular flexibility index (Phi) is 2.98. The molecule has 0 aromatic rings. The van der Waals surface area contributed by atoms with Crippen LogP contribution in [0.3, 0.4) is 0 Å². The van der Waals surface area contributed by atoms with Gasteiger partial charge in [-0.15, -0.1) is 0 Å². The average molecular weight is 155 g/mol. The molecule has 1 atom stereocenters. The largest absolute Gasteiger partial charge is 0.493 e. The van der Waals surface area contributed by atoms with Gasteiger partial charge < -0.3 is 9.47 Å². The fourth-order valence-corrected chi connectivity index (χ4v) is 0.776. The third-order valence-electron chi connectivity index (χ3n) is 1.32. The first kappa shape index (κ1) is 8.14. The van der Waals surface area contributed by atoms with E-state index in [0.29, 0.717) is 12.4 Å². The Morgan fingerprint density at radius 3 is 3.18 bits per heavy atom. The van der Waals surface area contributed by atoms with Crippen LogP contribution in [0, 0.1) is 0 Å². The van der Waals surface area contributed by atoms with Crippen LogP contribution in [-0.2, 0) is 9.47 Å². The Hall–Kier alpha value is -0.960. The van der Waals surface area contributed by atoms with Gasteiger partial charge in [0.25, 0.3) is 0 Å². The molecule has 62 valence electrons. The first-order valence-corrected chi connectivity index (χ1v) is 3.75. The molecule has 0 aromatic heterocycles. The maximum atomic E-state index is 5.55. The third-order valence-corrected chi connectivity index (χ3v) is 1.32. The van der Waals surface area contributed by atoms with E-state index in [9.17, 15) is 0 Å². The van der Waals surface area contributed by atoms with Crippen molar-refractivity contribution in [2.45, 2.75) is 19.6 Å². The highest BCUT2D eigenvalue weighted by atomic mass is 16.5. The van der Waals surface area contributed by atoms with E-state index in [1.165, 1.54) is 0 Å². The van der Waals surface area contributed by atoms with Crippen molar-refractivity contribution >= 4 is 0 Å². The van der Waals surface area contributed by atoms with Crippen molar-refractivity contribution in [2.24, 2.45) is 5.73 Å². The van der Waals surface area contributed by atoms with E-state index in [0.717, 1.165) is 6.42 Å². The zero-order chi connectivity index (χ0) is 8.10. The highest BCUT2D eigenvalue weighted by Gasteiger charge is 2.11. The van der Waals surface area contributed by atoms with Gasteiger partial charge in [0, 0.05) is 0 Å². The van der Waals surface area contributed by atoms with Gasteiger partial charge in [0.05, 0.1) is 12.9 Å². The van der Waals surface area contributed by atoms with Crippen LogP contribution in [0.15, 0.2) is 24.2 Å². The maximum absolute atomic E-state index is 5.55. The predicted octanol–water partition coefficient (Wildman–Crippen LogP) is 1.13. The predicted molar refractivity (Wildman–Crippen MR) is 42.5 cm³/mol. The van der Waals surface area contributed by atoms with Crippen LogP contribution in [0.25, 0.3) is 0 Å². The first-order valence-electron chi connectivity index (χ1n) is 3.75. The van der Waals surface area contributed by atoms with Crippen LogP contribution >= 0.6 is 0 Å². The molecule has 0 bridgehead atoms. The summed E-state index contributed by atoms with van der Waals surface area (Å²) in [6, 6.07) is 0. The first-order chi connectivity index (χ1) is 5.34. The van der Waals surface area contributed by atoms with Crippen LogP contribution in [0.1, 0.15) is 13.3 Å². The lowest BCUT2D eigenvalue weighted by atomic mass is 10.3. The molecular weight excluding hydrogens is 142 g/mol. The summed E-state index contributed by atoms with van der Waals surface area (Å²) in [7, 11) is 0. The smallest absolute Gasteiger partial charge is 0.204 e. The van der Waals surface area contributed by atoms with E-state index in [2.05, 4.69) is 0 Å². The fourth-order valence-electron chi connectivity index (χ4n) is 0.776. The van der Waals surface area contributed by atoms with Crippen molar-refractivity contribution in [3.8, 4) is 0 Å². The summed E-state index contributed by atoms with van der Waals surface area (Å²) < 4.78 is 10.3. The van der Waals surface area contributed by atoms with E-state index in [1.54, 1.807) is 12.3 Å². The van der Waals surface area contributed by atoms with Gasteiger partial charge in [-0.05, 0) is 18.6 Å². The second-order valence-electron chi connectivity index (χ2n) is 2.30. The second-order valence-corrected chi connectivity index (χ2v) is 2.30. The lowest BCUT2D eigenvalue weighted by Crippen LogP contribution is -2.27. The summed E-state index contributed by atoms with van der Waals surface area (Å²) >= 11 is 0. The van der Waals surface area contributed by atoms with Crippen LogP contribution in [0.5, 0.6) is 0 Å². The van der Waals surface area contributed by atoms with Crippen LogP contribution in [-0.4, -0.2) is 12.8 Å². The number of hydrogen-bond donors (Lipinski definition) is 1. The Balaban J connectivity index is 2.40. The van der Waals surface area contributed by atoms with Gasteiger partial charge in [0.2, 0.25) is 6.23 Å². The molecule has 0 saturated heterocycles. The molecular formula is C8H13NO2. The van der Waals surface area contributed by atoms with Crippen molar-refractivity contribution in [3.63, 3.8) is 0 Å². The standard InChI is InChI=1S/C8H13NO2/c1-2-5-10-7-4-3-6-11-8(7)9/h3-4,6,8H,2,5,9H2,1H3. The highest BCUT2D eigenvalue weighted by molar-refractivity contribution is 5.12. The molecule has 1 heterocycles.